The highest BCUT2D eigenvalue weighted by Gasteiger charge is 2.17. The molecule has 1 aliphatic heterocycles. The zero-order valence-electron chi connectivity index (χ0n) is 10.7. The van der Waals surface area contributed by atoms with Crippen molar-refractivity contribution in [3.05, 3.63) is 43.7 Å². The number of thiophene rings is 1. The molecular weight excluding hydrogens is 389 g/mol. The zero-order chi connectivity index (χ0) is 14.1. The molecule has 0 aliphatic carbocycles. The van der Waals surface area contributed by atoms with Crippen molar-refractivity contribution in [3.8, 4) is 11.5 Å². The first-order chi connectivity index (χ1) is 9.63. The van der Waals surface area contributed by atoms with Crippen LogP contribution in [0.4, 0.5) is 0 Å². The zero-order valence-corrected chi connectivity index (χ0v) is 13.7. The van der Waals surface area contributed by atoms with Gasteiger partial charge in [0.05, 0.1) is 14.5 Å². The summed E-state index contributed by atoms with van der Waals surface area (Å²) >= 11 is 3.77. The molecule has 2 aromatic rings. The average Bonchev–Trinajstić information content (AvgIpc) is 3.05. The van der Waals surface area contributed by atoms with Gasteiger partial charge in [-0.05, 0) is 53.3 Å². The molecule has 2 heterocycles. The van der Waals surface area contributed by atoms with E-state index in [0.29, 0.717) is 5.56 Å². The Bertz CT molecular complexity index is 656. The molecule has 0 bridgehead atoms. The van der Waals surface area contributed by atoms with Crippen LogP contribution in [0.5, 0.6) is 11.5 Å². The van der Waals surface area contributed by atoms with E-state index in [1.54, 1.807) is 11.3 Å². The van der Waals surface area contributed by atoms with Crippen LogP contribution in [0.1, 0.15) is 28.9 Å². The van der Waals surface area contributed by atoms with Crippen molar-refractivity contribution in [2.45, 2.75) is 13.0 Å². The largest absolute Gasteiger partial charge is 0.454 e. The fraction of sp³-hybridized carbons (Fsp3) is 0.214. The highest BCUT2D eigenvalue weighted by Crippen LogP contribution is 2.34. The fourth-order valence-corrected chi connectivity index (χ4v) is 3.30. The first kappa shape index (κ1) is 13.7. The van der Waals surface area contributed by atoms with E-state index in [0.717, 1.165) is 19.9 Å². The number of halogens is 1. The third-order valence-corrected chi connectivity index (χ3v) is 4.86. The predicted octanol–water partition coefficient (Wildman–Crippen LogP) is 3.57. The lowest BCUT2D eigenvalue weighted by Gasteiger charge is -2.14. The number of fused-ring (bicyclic) bond motifs is 1. The van der Waals surface area contributed by atoms with Gasteiger partial charge >= 0.3 is 0 Å². The molecule has 104 valence electrons. The minimum Gasteiger partial charge on any atom is -0.454 e. The molecule has 1 aliphatic rings. The maximum Gasteiger partial charge on any atom is 0.252 e. The molecule has 1 N–H and O–H groups in total. The molecule has 0 saturated heterocycles. The summed E-state index contributed by atoms with van der Waals surface area (Å²) in [6.07, 6.45) is 0. The first-order valence-corrected chi connectivity index (χ1v) is 8.04. The molecule has 3 rings (SSSR count). The maximum absolute atomic E-state index is 12.1. The van der Waals surface area contributed by atoms with Crippen molar-refractivity contribution in [3.63, 3.8) is 0 Å². The third kappa shape index (κ3) is 2.76. The van der Waals surface area contributed by atoms with E-state index in [2.05, 4.69) is 27.9 Å². The van der Waals surface area contributed by atoms with Crippen molar-refractivity contribution >= 4 is 39.8 Å². The second kappa shape index (κ2) is 5.61. The molecule has 0 fully saturated rings. The van der Waals surface area contributed by atoms with E-state index in [9.17, 15) is 4.79 Å². The van der Waals surface area contributed by atoms with Gasteiger partial charge in [-0.1, -0.05) is 6.07 Å². The maximum atomic E-state index is 12.1. The number of carbonyl (C=O) groups is 1. The number of hydrogen-bond acceptors (Lipinski definition) is 4. The molecule has 6 heteroatoms. The van der Waals surface area contributed by atoms with Gasteiger partial charge in [0, 0.05) is 5.38 Å². The SMILES string of the molecule is CC(NC(=O)c1csc(I)c1)c1ccc2c(c1)OCO2. The van der Waals surface area contributed by atoms with E-state index in [1.165, 1.54) is 0 Å². The number of amides is 1. The molecule has 1 aromatic heterocycles. The van der Waals surface area contributed by atoms with Crippen LogP contribution in [0.15, 0.2) is 29.6 Å². The van der Waals surface area contributed by atoms with Crippen molar-refractivity contribution in [1.82, 2.24) is 5.32 Å². The molecule has 1 unspecified atom stereocenters. The summed E-state index contributed by atoms with van der Waals surface area (Å²) in [6.45, 7) is 2.21. The normalized spacial score (nSPS) is 14.1. The lowest BCUT2D eigenvalue weighted by Crippen LogP contribution is -2.26. The smallest absolute Gasteiger partial charge is 0.252 e. The Morgan fingerprint density at radius 1 is 1.35 bits per heavy atom. The molecule has 0 saturated carbocycles. The van der Waals surface area contributed by atoms with Crippen LogP contribution in [-0.2, 0) is 0 Å². The van der Waals surface area contributed by atoms with Crippen molar-refractivity contribution in [2.24, 2.45) is 0 Å². The summed E-state index contributed by atoms with van der Waals surface area (Å²) in [5.74, 6) is 1.42. The Labute approximate surface area is 134 Å². The Balaban J connectivity index is 1.73. The van der Waals surface area contributed by atoms with E-state index in [4.69, 9.17) is 9.47 Å². The van der Waals surface area contributed by atoms with Gasteiger partial charge in [-0.25, -0.2) is 0 Å². The molecule has 1 atom stereocenters. The number of benzene rings is 1. The van der Waals surface area contributed by atoms with Gasteiger partial charge in [-0.3, -0.25) is 4.79 Å². The predicted molar refractivity (Wildman–Crippen MR) is 85.5 cm³/mol. The molecule has 4 nitrogen and oxygen atoms in total. The van der Waals surface area contributed by atoms with Gasteiger partial charge in [0.25, 0.3) is 5.91 Å². The van der Waals surface area contributed by atoms with E-state index >= 15 is 0 Å². The summed E-state index contributed by atoms with van der Waals surface area (Å²) in [6, 6.07) is 7.51. The van der Waals surface area contributed by atoms with Crippen LogP contribution in [0.3, 0.4) is 0 Å². The standard InChI is InChI=1S/C14H12INO3S/c1-8(16-14(17)10-5-13(15)20-6-10)9-2-3-11-12(4-9)19-7-18-11/h2-6,8H,7H2,1H3,(H,16,17). The van der Waals surface area contributed by atoms with Crippen molar-refractivity contribution < 1.29 is 14.3 Å². The average molecular weight is 401 g/mol. The van der Waals surface area contributed by atoms with Crippen LogP contribution in [0.2, 0.25) is 0 Å². The van der Waals surface area contributed by atoms with Crippen LogP contribution < -0.4 is 14.8 Å². The number of hydrogen-bond donors (Lipinski definition) is 1. The second-order valence-corrected chi connectivity index (χ2v) is 7.25. The molecule has 0 radical (unpaired) electrons. The summed E-state index contributed by atoms with van der Waals surface area (Å²) in [7, 11) is 0. The number of nitrogens with one attached hydrogen (secondary N) is 1. The molecular formula is C14H12INO3S. The number of carbonyl (C=O) groups excluding carboxylic acids is 1. The van der Waals surface area contributed by atoms with Gasteiger partial charge < -0.3 is 14.8 Å². The summed E-state index contributed by atoms with van der Waals surface area (Å²) in [5, 5.41) is 4.85. The van der Waals surface area contributed by atoms with Crippen LogP contribution in [-0.4, -0.2) is 12.7 Å². The fourth-order valence-electron chi connectivity index (χ4n) is 1.97. The highest BCUT2D eigenvalue weighted by atomic mass is 127. The summed E-state index contributed by atoms with van der Waals surface area (Å²) < 4.78 is 11.7. The minimum atomic E-state index is -0.0884. The third-order valence-electron chi connectivity index (χ3n) is 3.07. The Kier molecular flexibility index (Phi) is 3.84. The topological polar surface area (TPSA) is 47.6 Å². The number of ether oxygens (including phenoxy) is 2. The van der Waals surface area contributed by atoms with Crippen molar-refractivity contribution in [2.75, 3.05) is 6.79 Å². The monoisotopic (exact) mass is 401 g/mol. The van der Waals surface area contributed by atoms with Gasteiger partial charge in [0.2, 0.25) is 6.79 Å². The quantitative estimate of drug-likeness (QED) is 0.801. The first-order valence-electron chi connectivity index (χ1n) is 6.08. The van der Waals surface area contributed by atoms with Gasteiger partial charge in [-0.2, -0.15) is 0 Å². The molecule has 0 spiro atoms. The summed E-state index contributed by atoms with van der Waals surface area (Å²) in [4.78, 5) is 12.1. The lowest BCUT2D eigenvalue weighted by molar-refractivity contribution is 0.0940. The Morgan fingerprint density at radius 2 is 2.15 bits per heavy atom. The summed E-state index contributed by atoms with van der Waals surface area (Å²) in [5.41, 5.74) is 1.69. The van der Waals surface area contributed by atoms with Crippen LogP contribution >= 0.6 is 33.9 Å². The van der Waals surface area contributed by atoms with Gasteiger partial charge in [-0.15, -0.1) is 11.3 Å². The molecule has 20 heavy (non-hydrogen) atoms. The van der Waals surface area contributed by atoms with Crippen LogP contribution in [0, 0.1) is 2.88 Å². The minimum absolute atomic E-state index is 0.0608. The van der Waals surface area contributed by atoms with E-state index < -0.39 is 0 Å². The Morgan fingerprint density at radius 3 is 2.90 bits per heavy atom. The Hall–Kier alpha value is -1.28. The number of rotatable bonds is 3. The molecule has 1 aromatic carbocycles. The second-order valence-electron chi connectivity index (χ2n) is 4.45. The van der Waals surface area contributed by atoms with Crippen molar-refractivity contribution in [1.29, 1.82) is 0 Å². The highest BCUT2D eigenvalue weighted by molar-refractivity contribution is 14.1. The molecule has 1 amide bonds. The van der Waals surface area contributed by atoms with Crippen LogP contribution in [0.25, 0.3) is 0 Å². The van der Waals surface area contributed by atoms with E-state index in [1.807, 2.05) is 36.6 Å². The lowest BCUT2D eigenvalue weighted by atomic mass is 10.1. The van der Waals surface area contributed by atoms with Gasteiger partial charge in [0.15, 0.2) is 11.5 Å². The van der Waals surface area contributed by atoms with Gasteiger partial charge in [0.1, 0.15) is 0 Å². The van der Waals surface area contributed by atoms with E-state index in [-0.39, 0.29) is 18.7 Å².